The molecule has 9 heteroatoms. The molecule has 0 bridgehead atoms. The summed E-state index contributed by atoms with van der Waals surface area (Å²) in [4.78, 5) is 12.1. The summed E-state index contributed by atoms with van der Waals surface area (Å²) in [6.45, 7) is -0.154. The van der Waals surface area contributed by atoms with Gasteiger partial charge >= 0.3 is 0 Å². The van der Waals surface area contributed by atoms with Gasteiger partial charge in [0.05, 0.1) is 22.5 Å². The van der Waals surface area contributed by atoms with Gasteiger partial charge in [0.2, 0.25) is 15.9 Å². The molecule has 0 atom stereocenters. The molecule has 1 N–H and O–H groups in total. The number of hydrogen-bond donors (Lipinski definition) is 1. The number of para-hydroxylation sites is 1. The van der Waals surface area contributed by atoms with Gasteiger partial charge in [0.15, 0.2) is 0 Å². The predicted octanol–water partition coefficient (Wildman–Crippen LogP) is 3.15. The van der Waals surface area contributed by atoms with Crippen molar-refractivity contribution < 1.29 is 17.6 Å². The van der Waals surface area contributed by atoms with Crippen LogP contribution < -0.4 is 9.62 Å². The number of halogens is 2. The molecule has 136 valence electrons. The van der Waals surface area contributed by atoms with Crippen LogP contribution in [0.4, 0.5) is 15.8 Å². The van der Waals surface area contributed by atoms with Crippen LogP contribution in [0, 0.1) is 17.1 Å². The predicted molar refractivity (Wildman–Crippen MR) is 98.0 cm³/mol. The van der Waals surface area contributed by atoms with Gasteiger partial charge in [0, 0.05) is 18.7 Å². The lowest BCUT2D eigenvalue weighted by molar-refractivity contribution is -0.116. The van der Waals surface area contributed by atoms with E-state index in [4.69, 9.17) is 16.9 Å². The largest absolute Gasteiger partial charge is 0.326 e. The van der Waals surface area contributed by atoms with Crippen molar-refractivity contribution >= 4 is 38.9 Å². The van der Waals surface area contributed by atoms with Crippen molar-refractivity contribution in [1.82, 2.24) is 0 Å². The molecule has 0 unspecified atom stereocenters. The van der Waals surface area contributed by atoms with Crippen molar-refractivity contribution in [1.29, 1.82) is 5.26 Å². The van der Waals surface area contributed by atoms with Gasteiger partial charge in [-0.2, -0.15) is 5.26 Å². The smallest absolute Gasteiger partial charge is 0.232 e. The van der Waals surface area contributed by atoms with Gasteiger partial charge in [0.1, 0.15) is 11.9 Å². The number of benzene rings is 2. The molecule has 0 heterocycles. The Hall–Kier alpha value is -2.63. The zero-order valence-corrected chi connectivity index (χ0v) is 15.3. The molecule has 0 aliphatic rings. The van der Waals surface area contributed by atoms with Gasteiger partial charge in [-0.1, -0.05) is 23.7 Å². The first-order valence-corrected chi connectivity index (χ1v) is 9.66. The summed E-state index contributed by atoms with van der Waals surface area (Å²) in [7, 11) is -3.70. The maximum Gasteiger partial charge on any atom is 0.232 e. The van der Waals surface area contributed by atoms with Crippen LogP contribution >= 0.6 is 11.6 Å². The Balaban J connectivity index is 2.14. The summed E-state index contributed by atoms with van der Waals surface area (Å²) < 4.78 is 38.3. The number of rotatable bonds is 6. The van der Waals surface area contributed by atoms with Crippen LogP contribution in [0.2, 0.25) is 5.02 Å². The van der Waals surface area contributed by atoms with Crippen molar-refractivity contribution in [2.75, 3.05) is 22.4 Å². The van der Waals surface area contributed by atoms with E-state index in [2.05, 4.69) is 5.32 Å². The molecule has 0 radical (unpaired) electrons. The average Bonchev–Trinajstić information content (AvgIpc) is 2.57. The van der Waals surface area contributed by atoms with E-state index in [1.54, 1.807) is 12.1 Å². The minimum Gasteiger partial charge on any atom is -0.326 e. The standard InChI is InChI=1S/C17H15ClFN3O3S/c1-26(24,25)22(16-5-3-2-4-12(16)11-20)9-8-17(23)21-13-6-7-15(19)14(18)10-13/h2-7,10H,8-9H2,1H3,(H,21,23). The Kier molecular flexibility index (Phi) is 6.18. The van der Waals surface area contributed by atoms with Crippen LogP contribution in [-0.2, 0) is 14.8 Å². The van der Waals surface area contributed by atoms with Crippen LogP contribution in [0.5, 0.6) is 0 Å². The second-order valence-corrected chi connectivity index (χ2v) is 7.71. The Morgan fingerprint density at radius 3 is 2.62 bits per heavy atom. The lowest BCUT2D eigenvalue weighted by atomic mass is 10.2. The number of hydrogen-bond acceptors (Lipinski definition) is 4. The molecule has 2 aromatic rings. The molecule has 26 heavy (non-hydrogen) atoms. The van der Waals surface area contributed by atoms with Crippen LogP contribution in [0.1, 0.15) is 12.0 Å². The second-order valence-electron chi connectivity index (χ2n) is 5.39. The molecule has 0 fully saturated rings. The summed E-state index contributed by atoms with van der Waals surface area (Å²) >= 11 is 5.65. The van der Waals surface area contributed by atoms with Gasteiger partial charge < -0.3 is 5.32 Å². The quantitative estimate of drug-likeness (QED) is 0.813. The van der Waals surface area contributed by atoms with Crippen molar-refractivity contribution in [2.24, 2.45) is 0 Å². The summed E-state index contributed by atoms with van der Waals surface area (Å²) in [6, 6.07) is 11.9. The Labute approximate surface area is 155 Å². The van der Waals surface area contributed by atoms with Gasteiger partial charge in [-0.05, 0) is 30.3 Å². The zero-order valence-electron chi connectivity index (χ0n) is 13.7. The third kappa shape index (κ3) is 4.94. The molecule has 0 aliphatic carbocycles. The summed E-state index contributed by atoms with van der Waals surface area (Å²) in [5.74, 6) is -1.09. The van der Waals surface area contributed by atoms with Gasteiger partial charge in [0.25, 0.3) is 0 Å². The maximum absolute atomic E-state index is 13.1. The van der Waals surface area contributed by atoms with Gasteiger partial charge in [-0.3, -0.25) is 9.10 Å². The highest BCUT2D eigenvalue weighted by Crippen LogP contribution is 2.23. The number of nitrogens with one attached hydrogen (secondary N) is 1. The monoisotopic (exact) mass is 395 g/mol. The van der Waals surface area contributed by atoms with Crippen molar-refractivity contribution in [3.05, 3.63) is 58.9 Å². The molecule has 0 spiro atoms. The summed E-state index contributed by atoms with van der Waals surface area (Å²) in [6.07, 6.45) is 0.834. The molecule has 0 saturated heterocycles. The van der Waals surface area contributed by atoms with E-state index in [0.29, 0.717) is 5.69 Å². The second kappa shape index (κ2) is 8.17. The molecule has 1 amide bonds. The molecule has 0 aliphatic heterocycles. The van der Waals surface area contributed by atoms with E-state index in [1.807, 2.05) is 6.07 Å². The fraction of sp³-hybridized carbons (Fsp3) is 0.176. The molecule has 2 aromatic carbocycles. The summed E-state index contributed by atoms with van der Waals surface area (Å²) in [5, 5.41) is 11.5. The molecule has 2 rings (SSSR count). The Morgan fingerprint density at radius 2 is 2.00 bits per heavy atom. The van der Waals surface area contributed by atoms with E-state index >= 15 is 0 Å². The minimum atomic E-state index is -3.70. The van der Waals surface area contributed by atoms with Crippen molar-refractivity contribution in [3.63, 3.8) is 0 Å². The fourth-order valence-electron chi connectivity index (χ4n) is 2.25. The highest BCUT2D eigenvalue weighted by Gasteiger charge is 2.21. The van der Waals surface area contributed by atoms with Crippen molar-refractivity contribution in [2.45, 2.75) is 6.42 Å². The first-order chi connectivity index (χ1) is 12.2. The third-order valence-corrected chi connectivity index (χ3v) is 4.91. The SMILES string of the molecule is CS(=O)(=O)N(CCC(=O)Nc1ccc(F)c(Cl)c1)c1ccccc1C#N. The molecule has 0 saturated carbocycles. The molecular formula is C17H15ClFN3O3S. The number of nitriles is 1. The number of amides is 1. The summed E-state index contributed by atoms with van der Waals surface area (Å²) in [5.41, 5.74) is 0.684. The van der Waals surface area contributed by atoms with E-state index in [1.165, 1.54) is 24.3 Å². The van der Waals surface area contributed by atoms with Crippen molar-refractivity contribution in [3.8, 4) is 6.07 Å². The van der Waals surface area contributed by atoms with Gasteiger partial charge in [-0.15, -0.1) is 0 Å². The molecular weight excluding hydrogens is 381 g/mol. The van der Waals surface area contributed by atoms with Gasteiger partial charge in [-0.25, -0.2) is 12.8 Å². The first-order valence-electron chi connectivity index (χ1n) is 7.44. The molecule has 6 nitrogen and oxygen atoms in total. The topological polar surface area (TPSA) is 90.3 Å². The van der Waals surface area contributed by atoms with E-state index in [-0.39, 0.29) is 29.2 Å². The highest BCUT2D eigenvalue weighted by atomic mass is 35.5. The number of carbonyl (C=O) groups is 1. The van der Waals surface area contributed by atoms with E-state index in [0.717, 1.165) is 16.6 Å². The number of nitrogens with zero attached hydrogens (tertiary/aromatic N) is 2. The van der Waals surface area contributed by atoms with Crippen LogP contribution in [0.15, 0.2) is 42.5 Å². The minimum absolute atomic E-state index is 0.136. The Morgan fingerprint density at radius 1 is 1.31 bits per heavy atom. The fourth-order valence-corrected chi connectivity index (χ4v) is 3.37. The average molecular weight is 396 g/mol. The third-order valence-electron chi connectivity index (χ3n) is 3.44. The number of sulfonamides is 1. The van der Waals surface area contributed by atoms with Crippen LogP contribution in [0.3, 0.4) is 0 Å². The normalized spacial score (nSPS) is 10.8. The lowest BCUT2D eigenvalue weighted by Crippen LogP contribution is -2.33. The maximum atomic E-state index is 13.1. The highest BCUT2D eigenvalue weighted by molar-refractivity contribution is 7.92. The zero-order chi connectivity index (χ0) is 19.3. The lowest BCUT2D eigenvalue weighted by Gasteiger charge is -2.23. The molecule has 0 aromatic heterocycles. The number of carbonyl (C=O) groups excluding carboxylic acids is 1. The van der Waals surface area contributed by atoms with E-state index < -0.39 is 21.7 Å². The number of anilines is 2. The Bertz CT molecular complexity index is 973. The van der Waals surface area contributed by atoms with E-state index in [9.17, 15) is 17.6 Å². The first kappa shape index (κ1) is 19.7. The van der Waals surface area contributed by atoms with Crippen LogP contribution in [0.25, 0.3) is 0 Å². The van der Waals surface area contributed by atoms with Crippen LogP contribution in [-0.4, -0.2) is 27.1 Å².